The quantitative estimate of drug-likeness (QED) is 0.867. The van der Waals surface area contributed by atoms with Crippen LogP contribution in [0.1, 0.15) is 48.2 Å². The number of piperidine rings is 1. The lowest BCUT2D eigenvalue weighted by Crippen LogP contribution is -2.45. The molecule has 2 fully saturated rings. The fourth-order valence-electron chi connectivity index (χ4n) is 3.48. The maximum Gasteiger partial charge on any atom is 0.339 e. The number of nitrogens with zero attached hydrogens (tertiary/aromatic N) is 2. The molecule has 0 aromatic carbocycles. The van der Waals surface area contributed by atoms with Crippen molar-refractivity contribution in [3.8, 4) is 0 Å². The van der Waals surface area contributed by atoms with E-state index in [1.165, 1.54) is 0 Å². The molecule has 0 unspecified atom stereocenters. The Morgan fingerprint density at radius 3 is 2.43 bits per heavy atom. The highest BCUT2D eigenvalue weighted by Gasteiger charge is 2.45. The van der Waals surface area contributed by atoms with Crippen LogP contribution in [0.2, 0.25) is 0 Å². The molecule has 1 aromatic rings. The Balaban J connectivity index is 1.79. The van der Waals surface area contributed by atoms with Gasteiger partial charge >= 0.3 is 11.9 Å². The number of pyridine rings is 1. The van der Waals surface area contributed by atoms with Gasteiger partial charge in [-0.2, -0.15) is 0 Å². The minimum atomic E-state index is -0.999. The fraction of sp³-hybridized carbons (Fsp3) is 0.588. The molecular formula is C17H22N2O4. The summed E-state index contributed by atoms with van der Waals surface area (Å²) in [4.78, 5) is 29.5. The summed E-state index contributed by atoms with van der Waals surface area (Å²) in [5.74, 6) is -0.688. The molecule has 1 aliphatic heterocycles. The SMILES string of the molecule is Cc1ccc(C(=O)O)c(N2CCC(CC3CC3)(C(=O)O)CC2)n1. The summed E-state index contributed by atoms with van der Waals surface area (Å²) in [5, 5.41) is 19.0. The number of anilines is 1. The highest BCUT2D eigenvalue weighted by atomic mass is 16.4. The minimum absolute atomic E-state index is 0.181. The van der Waals surface area contributed by atoms with E-state index in [1.54, 1.807) is 12.1 Å². The molecule has 124 valence electrons. The third-order valence-electron chi connectivity index (χ3n) is 5.09. The first-order valence-corrected chi connectivity index (χ1v) is 8.10. The lowest BCUT2D eigenvalue weighted by molar-refractivity contribution is -0.151. The van der Waals surface area contributed by atoms with E-state index >= 15 is 0 Å². The molecule has 2 heterocycles. The third-order valence-corrected chi connectivity index (χ3v) is 5.09. The number of aromatic carboxylic acids is 1. The molecule has 0 spiro atoms. The summed E-state index contributed by atoms with van der Waals surface area (Å²) in [6.07, 6.45) is 4.13. The van der Waals surface area contributed by atoms with Crippen LogP contribution in [0.5, 0.6) is 0 Å². The second-order valence-corrected chi connectivity index (χ2v) is 6.85. The van der Waals surface area contributed by atoms with Gasteiger partial charge in [0, 0.05) is 18.8 Å². The normalized spacial score (nSPS) is 20.3. The van der Waals surface area contributed by atoms with Crippen molar-refractivity contribution in [2.75, 3.05) is 18.0 Å². The first-order chi connectivity index (χ1) is 10.9. The Labute approximate surface area is 135 Å². The molecule has 6 nitrogen and oxygen atoms in total. The molecule has 23 heavy (non-hydrogen) atoms. The van der Waals surface area contributed by atoms with Gasteiger partial charge in [0.2, 0.25) is 0 Å². The summed E-state index contributed by atoms with van der Waals surface area (Å²) >= 11 is 0. The number of carboxylic acids is 2. The number of hydrogen-bond donors (Lipinski definition) is 2. The van der Waals surface area contributed by atoms with Crippen LogP contribution < -0.4 is 4.90 Å². The molecule has 0 radical (unpaired) electrons. The van der Waals surface area contributed by atoms with Crippen molar-refractivity contribution in [3.63, 3.8) is 0 Å². The van der Waals surface area contributed by atoms with E-state index in [9.17, 15) is 19.8 Å². The number of rotatable bonds is 5. The standard InChI is InChI=1S/C17H22N2O4/c1-11-2-5-13(15(20)21)14(18-11)19-8-6-17(7-9-19,16(22)23)10-12-3-4-12/h2,5,12H,3-4,6-10H2,1H3,(H,20,21)(H,22,23). The van der Waals surface area contributed by atoms with Crippen molar-refractivity contribution in [2.45, 2.75) is 39.0 Å². The second-order valence-electron chi connectivity index (χ2n) is 6.85. The van der Waals surface area contributed by atoms with E-state index in [0.29, 0.717) is 37.7 Å². The smallest absolute Gasteiger partial charge is 0.339 e. The van der Waals surface area contributed by atoms with Crippen LogP contribution in [0, 0.1) is 18.3 Å². The molecule has 1 saturated heterocycles. The van der Waals surface area contributed by atoms with Crippen LogP contribution in [0.4, 0.5) is 5.82 Å². The third kappa shape index (κ3) is 3.16. The van der Waals surface area contributed by atoms with E-state index in [-0.39, 0.29) is 5.56 Å². The Hall–Kier alpha value is -2.11. The number of carbonyl (C=O) groups is 2. The predicted molar refractivity (Wildman–Crippen MR) is 84.8 cm³/mol. The van der Waals surface area contributed by atoms with Gasteiger partial charge in [0.05, 0.1) is 5.41 Å². The van der Waals surface area contributed by atoms with Crippen molar-refractivity contribution < 1.29 is 19.8 Å². The molecule has 0 atom stereocenters. The average Bonchev–Trinajstić information content (AvgIpc) is 3.31. The largest absolute Gasteiger partial charge is 0.481 e. The molecule has 1 saturated carbocycles. The summed E-state index contributed by atoms with van der Waals surface area (Å²) in [6, 6.07) is 3.26. The Morgan fingerprint density at radius 1 is 1.26 bits per heavy atom. The van der Waals surface area contributed by atoms with E-state index in [2.05, 4.69) is 4.98 Å². The van der Waals surface area contributed by atoms with Gasteiger partial charge in [-0.25, -0.2) is 9.78 Å². The molecule has 1 aliphatic carbocycles. The molecule has 2 N–H and O–H groups in total. The van der Waals surface area contributed by atoms with Crippen molar-refractivity contribution in [2.24, 2.45) is 11.3 Å². The summed E-state index contributed by atoms with van der Waals surface area (Å²) in [7, 11) is 0. The summed E-state index contributed by atoms with van der Waals surface area (Å²) in [5.41, 5.74) is 0.295. The molecule has 1 aromatic heterocycles. The number of carboxylic acid groups (broad SMARTS) is 2. The fourth-order valence-corrected chi connectivity index (χ4v) is 3.48. The van der Waals surface area contributed by atoms with Crippen LogP contribution in [-0.2, 0) is 4.79 Å². The Bertz CT molecular complexity index is 631. The number of aryl methyl sites for hydroxylation is 1. The van der Waals surface area contributed by atoms with Crippen LogP contribution in [0.3, 0.4) is 0 Å². The van der Waals surface area contributed by atoms with Gasteiger partial charge in [-0.3, -0.25) is 4.79 Å². The average molecular weight is 318 g/mol. The summed E-state index contributed by atoms with van der Waals surface area (Å²) in [6.45, 7) is 2.90. The number of aliphatic carboxylic acids is 1. The van der Waals surface area contributed by atoms with Crippen LogP contribution >= 0.6 is 0 Å². The van der Waals surface area contributed by atoms with Crippen LogP contribution in [0.15, 0.2) is 12.1 Å². The monoisotopic (exact) mass is 318 g/mol. The molecule has 0 bridgehead atoms. The van der Waals surface area contributed by atoms with E-state index in [0.717, 1.165) is 25.0 Å². The maximum atomic E-state index is 11.8. The molecule has 2 aliphatic rings. The van der Waals surface area contributed by atoms with Crippen molar-refractivity contribution in [3.05, 3.63) is 23.4 Å². The van der Waals surface area contributed by atoms with Crippen molar-refractivity contribution in [1.29, 1.82) is 0 Å². The van der Waals surface area contributed by atoms with Crippen LogP contribution in [0.25, 0.3) is 0 Å². The first kappa shape index (κ1) is 15.8. The molecule has 3 rings (SSSR count). The van der Waals surface area contributed by atoms with Gasteiger partial charge in [-0.1, -0.05) is 12.8 Å². The van der Waals surface area contributed by atoms with E-state index in [1.807, 2.05) is 11.8 Å². The zero-order valence-electron chi connectivity index (χ0n) is 13.3. The highest BCUT2D eigenvalue weighted by molar-refractivity contribution is 5.93. The van der Waals surface area contributed by atoms with Gasteiger partial charge in [0.1, 0.15) is 11.4 Å². The van der Waals surface area contributed by atoms with Crippen molar-refractivity contribution in [1.82, 2.24) is 4.98 Å². The van der Waals surface area contributed by atoms with Crippen LogP contribution in [-0.4, -0.2) is 40.2 Å². The molecule has 6 heteroatoms. The maximum absolute atomic E-state index is 11.8. The Kier molecular flexibility index (Phi) is 4.00. The van der Waals surface area contributed by atoms with Gasteiger partial charge < -0.3 is 15.1 Å². The van der Waals surface area contributed by atoms with Gasteiger partial charge in [0.25, 0.3) is 0 Å². The van der Waals surface area contributed by atoms with E-state index in [4.69, 9.17) is 0 Å². The van der Waals surface area contributed by atoms with Gasteiger partial charge in [-0.15, -0.1) is 0 Å². The zero-order valence-corrected chi connectivity index (χ0v) is 13.3. The Morgan fingerprint density at radius 2 is 1.91 bits per heavy atom. The van der Waals surface area contributed by atoms with Crippen molar-refractivity contribution >= 4 is 17.8 Å². The van der Waals surface area contributed by atoms with Gasteiger partial charge in [0.15, 0.2) is 0 Å². The number of hydrogen-bond acceptors (Lipinski definition) is 4. The lowest BCUT2D eigenvalue weighted by atomic mass is 9.74. The molecular weight excluding hydrogens is 296 g/mol. The predicted octanol–water partition coefficient (Wildman–Crippen LogP) is 2.56. The topological polar surface area (TPSA) is 90.7 Å². The summed E-state index contributed by atoms with van der Waals surface area (Å²) < 4.78 is 0. The van der Waals surface area contributed by atoms with E-state index < -0.39 is 17.4 Å². The number of aromatic nitrogens is 1. The minimum Gasteiger partial charge on any atom is -0.481 e. The zero-order chi connectivity index (χ0) is 16.6. The lowest BCUT2D eigenvalue weighted by Gasteiger charge is -2.40. The van der Waals surface area contributed by atoms with Gasteiger partial charge in [-0.05, 0) is 44.2 Å². The molecule has 0 amide bonds. The highest BCUT2D eigenvalue weighted by Crippen LogP contribution is 2.46. The first-order valence-electron chi connectivity index (χ1n) is 8.10. The second kappa shape index (κ2) is 5.83.